The van der Waals surface area contributed by atoms with E-state index in [1.165, 1.54) is 5.56 Å². The Morgan fingerprint density at radius 2 is 2.38 bits per heavy atom. The third kappa shape index (κ3) is 2.75. The van der Waals surface area contributed by atoms with E-state index >= 15 is 0 Å². The van der Waals surface area contributed by atoms with E-state index in [4.69, 9.17) is 4.74 Å². The number of hydrogen-bond donors (Lipinski definition) is 1. The van der Waals surface area contributed by atoms with Crippen molar-refractivity contribution in [1.29, 1.82) is 0 Å². The minimum absolute atomic E-state index is 0.151. The zero-order valence-corrected chi connectivity index (χ0v) is 10.9. The highest BCUT2D eigenvalue weighted by Crippen LogP contribution is 2.26. The van der Waals surface area contributed by atoms with Gasteiger partial charge in [0.1, 0.15) is 5.75 Å². The van der Waals surface area contributed by atoms with Gasteiger partial charge in [-0.15, -0.1) is 0 Å². The van der Waals surface area contributed by atoms with Gasteiger partial charge in [-0.3, -0.25) is 4.90 Å². The topological polar surface area (TPSA) is 32.7 Å². The normalized spacial score (nSPS) is 21.3. The molecule has 0 saturated carbocycles. The first-order valence-electron chi connectivity index (χ1n) is 5.42. The summed E-state index contributed by atoms with van der Waals surface area (Å²) in [5.41, 5.74) is 1.24. The lowest BCUT2D eigenvalue weighted by atomic mass is 10.2. The molecule has 16 heavy (non-hydrogen) atoms. The van der Waals surface area contributed by atoms with Crippen LogP contribution in [0.25, 0.3) is 0 Å². The minimum atomic E-state index is -0.151. The SMILES string of the molecule is COc1ccc(CN2CCC(O)C2)cc1Br. The molecule has 1 atom stereocenters. The largest absolute Gasteiger partial charge is 0.496 e. The van der Waals surface area contributed by atoms with Crippen molar-refractivity contribution in [2.24, 2.45) is 0 Å². The van der Waals surface area contributed by atoms with E-state index in [0.29, 0.717) is 0 Å². The van der Waals surface area contributed by atoms with Crippen LogP contribution in [0.4, 0.5) is 0 Å². The maximum atomic E-state index is 9.44. The van der Waals surface area contributed by atoms with E-state index in [0.717, 1.165) is 36.3 Å². The molecule has 88 valence electrons. The number of likely N-dealkylation sites (tertiary alicyclic amines) is 1. The minimum Gasteiger partial charge on any atom is -0.496 e. The molecular weight excluding hydrogens is 270 g/mol. The summed E-state index contributed by atoms with van der Waals surface area (Å²) < 4.78 is 6.17. The first-order valence-corrected chi connectivity index (χ1v) is 6.21. The van der Waals surface area contributed by atoms with Crippen LogP contribution in [0.1, 0.15) is 12.0 Å². The van der Waals surface area contributed by atoms with Crippen LogP contribution in [-0.4, -0.2) is 36.3 Å². The van der Waals surface area contributed by atoms with E-state index < -0.39 is 0 Å². The highest BCUT2D eigenvalue weighted by molar-refractivity contribution is 9.10. The summed E-state index contributed by atoms with van der Waals surface area (Å²) in [4.78, 5) is 2.26. The van der Waals surface area contributed by atoms with Gasteiger partial charge in [0.15, 0.2) is 0 Å². The number of benzene rings is 1. The Hall–Kier alpha value is -0.580. The lowest BCUT2D eigenvalue weighted by Crippen LogP contribution is -2.21. The molecule has 0 amide bonds. The molecule has 1 aromatic carbocycles. The lowest BCUT2D eigenvalue weighted by molar-refractivity contribution is 0.175. The van der Waals surface area contributed by atoms with Gasteiger partial charge in [-0.05, 0) is 40.0 Å². The Morgan fingerprint density at radius 1 is 1.56 bits per heavy atom. The molecule has 0 bridgehead atoms. The van der Waals surface area contributed by atoms with Crippen molar-refractivity contribution in [1.82, 2.24) is 4.90 Å². The number of aliphatic hydroxyl groups is 1. The number of aliphatic hydroxyl groups excluding tert-OH is 1. The molecule has 1 aliphatic heterocycles. The molecule has 4 heteroatoms. The van der Waals surface area contributed by atoms with Crippen LogP contribution >= 0.6 is 15.9 Å². The number of nitrogens with zero attached hydrogens (tertiary/aromatic N) is 1. The summed E-state index contributed by atoms with van der Waals surface area (Å²) in [6.45, 7) is 2.65. The molecule has 1 saturated heterocycles. The summed E-state index contributed by atoms with van der Waals surface area (Å²) in [6.07, 6.45) is 0.735. The van der Waals surface area contributed by atoms with Crippen LogP contribution in [-0.2, 0) is 6.54 Å². The van der Waals surface area contributed by atoms with Crippen molar-refractivity contribution >= 4 is 15.9 Å². The van der Waals surface area contributed by atoms with Gasteiger partial charge in [-0.1, -0.05) is 6.07 Å². The van der Waals surface area contributed by atoms with Gasteiger partial charge >= 0.3 is 0 Å². The van der Waals surface area contributed by atoms with Gasteiger partial charge in [0, 0.05) is 19.6 Å². The third-order valence-corrected chi connectivity index (χ3v) is 3.49. The zero-order chi connectivity index (χ0) is 11.5. The molecule has 1 heterocycles. The van der Waals surface area contributed by atoms with Crippen molar-refractivity contribution in [2.45, 2.75) is 19.1 Å². The summed E-state index contributed by atoms with van der Waals surface area (Å²) >= 11 is 3.48. The molecule has 1 fully saturated rings. The summed E-state index contributed by atoms with van der Waals surface area (Å²) in [5, 5.41) is 9.44. The molecule has 1 unspecified atom stereocenters. The second-order valence-corrected chi connectivity index (χ2v) is 5.00. The molecular formula is C12H16BrNO2. The Labute approximate surface area is 104 Å². The number of β-amino-alcohol motifs (C(OH)–C–C–N with tert-alkyl or cyclic N) is 1. The summed E-state index contributed by atoms with van der Waals surface area (Å²) in [5.74, 6) is 0.852. The second kappa shape index (κ2) is 5.17. The lowest BCUT2D eigenvalue weighted by Gasteiger charge is -2.15. The van der Waals surface area contributed by atoms with E-state index in [2.05, 4.69) is 33.0 Å². The Morgan fingerprint density at radius 3 is 2.94 bits per heavy atom. The summed E-state index contributed by atoms with van der Waals surface area (Å²) in [7, 11) is 1.66. The third-order valence-electron chi connectivity index (χ3n) is 2.87. The molecule has 1 N–H and O–H groups in total. The van der Waals surface area contributed by atoms with Crippen molar-refractivity contribution < 1.29 is 9.84 Å². The van der Waals surface area contributed by atoms with Gasteiger partial charge in [-0.2, -0.15) is 0 Å². The van der Waals surface area contributed by atoms with E-state index in [1.54, 1.807) is 7.11 Å². The number of methoxy groups -OCH3 is 1. The predicted octanol–water partition coefficient (Wildman–Crippen LogP) is 2.02. The van der Waals surface area contributed by atoms with Crippen LogP contribution in [0.3, 0.4) is 0 Å². The molecule has 3 nitrogen and oxygen atoms in total. The van der Waals surface area contributed by atoms with Gasteiger partial charge < -0.3 is 9.84 Å². The highest BCUT2D eigenvalue weighted by atomic mass is 79.9. The summed E-state index contributed by atoms with van der Waals surface area (Å²) in [6, 6.07) is 6.10. The predicted molar refractivity (Wildman–Crippen MR) is 66.6 cm³/mol. The Bertz CT molecular complexity index is 370. The van der Waals surface area contributed by atoms with Crippen LogP contribution < -0.4 is 4.74 Å². The molecule has 1 aromatic rings. The number of rotatable bonds is 3. The average Bonchev–Trinajstić information content (AvgIpc) is 2.64. The van der Waals surface area contributed by atoms with Crippen molar-refractivity contribution in [3.05, 3.63) is 28.2 Å². The smallest absolute Gasteiger partial charge is 0.133 e. The monoisotopic (exact) mass is 285 g/mol. The van der Waals surface area contributed by atoms with Gasteiger partial charge in [-0.25, -0.2) is 0 Å². The fourth-order valence-corrected chi connectivity index (χ4v) is 2.61. The molecule has 1 aliphatic rings. The molecule has 0 spiro atoms. The maximum absolute atomic E-state index is 9.44. The quantitative estimate of drug-likeness (QED) is 0.922. The van der Waals surface area contributed by atoms with Crippen LogP contribution in [0, 0.1) is 0 Å². The van der Waals surface area contributed by atoms with E-state index in [1.807, 2.05) is 6.07 Å². The number of ether oxygens (including phenoxy) is 1. The standard InChI is InChI=1S/C12H16BrNO2/c1-16-12-3-2-9(6-11(12)13)7-14-5-4-10(15)8-14/h2-3,6,10,15H,4-5,7-8H2,1H3. The van der Waals surface area contributed by atoms with Crippen LogP contribution in [0.2, 0.25) is 0 Å². The highest BCUT2D eigenvalue weighted by Gasteiger charge is 2.20. The Balaban J connectivity index is 2.02. The van der Waals surface area contributed by atoms with Gasteiger partial charge in [0.25, 0.3) is 0 Å². The van der Waals surface area contributed by atoms with Gasteiger partial charge in [0.2, 0.25) is 0 Å². The van der Waals surface area contributed by atoms with Crippen LogP contribution in [0.5, 0.6) is 5.75 Å². The molecule has 2 rings (SSSR count). The number of halogens is 1. The van der Waals surface area contributed by atoms with Crippen molar-refractivity contribution in [3.63, 3.8) is 0 Å². The molecule has 0 aromatic heterocycles. The maximum Gasteiger partial charge on any atom is 0.133 e. The fourth-order valence-electron chi connectivity index (χ4n) is 2.02. The van der Waals surface area contributed by atoms with Gasteiger partial charge in [0.05, 0.1) is 17.7 Å². The van der Waals surface area contributed by atoms with Crippen molar-refractivity contribution in [3.8, 4) is 5.75 Å². The zero-order valence-electron chi connectivity index (χ0n) is 9.32. The first-order chi connectivity index (χ1) is 7.69. The second-order valence-electron chi connectivity index (χ2n) is 4.15. The van der Waals surface area contributed by atoms with E-state index in [9.17, 15) is 5.11 Å². The van der Waals surface area contributed by atoms with Crippen molar-refractivity contribution in [2.75, 3.05) is 20.2 Å². The van der Waals surface area contributed by atoms with E-state index in [-0.39, 0.29) is 6.10 Å². The molecule has 0 aliphatic carbocycles. The Kier molecular flexibility index (Phi) is 3.84. The first kappa shape index (κ1) is 11.9. The van der Waals surface area contributed by atoms with Crippen LogP contribution in [0.15, 0.2) is 22.7 Å². The average molecular weight is 286 g/mol. The number of hydrogen-bond acceptors (Lipinski definition) is 3. The molecule has 0 radical (unpaired) electrons. The fraction of sp³-hybridized carbons (Fsp3) is 0.500.